The van der Waals surface area contributed by atoms with Crippen LogP contribution in [0.5, 0.6) is 0 Å². The third-order valence-corrected chi connectivity index (χ3v) is 3.95. The summed E-state index contributed by atoms with van der Waals surface area (Å²) in [5.41, 5.74) is 3.88. The molecule has 2 aromatic carbocycles. The molecule has 0 atom stereocenters. The maximum atomic E-state index is 12.3. The van der Waals surface area contributed by atoms with Crippen molar-refractivity contribution in [1.29, 1.82) is 0 Å². The molecule has 1 N–H and O–H groups in total. The first-order chi connectivity index (χ1) is 11.0. The van der Waals surface area contributed by atoms with Crippen molar-refractivity contribution >= 4 is 22.6 Å². The molecule has 0 aliphatic rings. The molecule has 23 heavy (non-hydrogen) atoms. The maximum absolute atomic E-state index is 12.3. The van der Waals surface area contributed by atoms with Crippen LogP contribution in [0.1, 0.15) is 27.2 Å². The van der Waals surface area contributed by atoms with Crippen molar-refractivity contribution in [2.45, 2.75) is 20.8 Å². The SMILES string of the molecule is Cc1ccc(NC(=O)c2cc(=O)c3ccc(C)c(C)c3o2)cc1. The molecule has 0 aliphatic heterocycles. The molecule has 1 heterocycles. The summed E-state index contributed by atoms with van der Waals surface area (Å²) in [5, 5.41) is 3.23. The summed E-state index contributed by atoms with van der Waals surface area (Å²) in [6, 6.07) is 12.3. The first-order valence-electron chi connectivity index (χ1n) is 7.38. The molecule has 116 valence electrons. The molecule has 0 aliphatic carbocycles. The van der Waals surface area contributed by atoms with Gasteiger partial charge in [0.2, 0.25) is 0 Å². The molecule has 0 saturated heterocycles. The Kier molecular flexibility index (Phi) is 3.74. The Labute approximate surface area is 133 Å². The standard InChI is InChI=1S/C19H17NO3/c1-11-4-7-14(8-5-11)20-19(22)17-10-16(21)15-9-6-12(2)13(3)18(15)23-17/h4-10H,1-3H3,(H,20,22). The van der Waals surface area contributed by atoms with E-state index >= 15 is 0 Å². The topological polar surface area (TPSA) is 59.3 Å². The van der Waals surface area contributed by atoms with Crippen LogP contribution in [0, 0.1) is 20.8 Å². The molecule has 0 radical (unpaired) electrons. The van der Waals surface area contributed by atoms with Gasteiger partial charge in [0.1, 0.15) is 5.58 Å². The van der Waals surface area contributed by atoms with Gasteiger partial charge in [0, 0.05) is 11.8 Å². The number of anilines is 1. The highest BCUT2D eigenvalue weighted by atomic mass is 16.3. The molecule has 0 saturated carbocycles. The van der Waals surface area contributed by atoms with E-state index in [0.29, 0.717) is 16.7 Å². The second kappa shape index (κ2) is 5.72. The number of nitrogens with one attached hydrogen (secondary N) is 1. The van der Waals surface area contributed by atoms with Crippen molar-refractivity contribution < 1.29 is 9.21 Å². The van der Waals surface area contributed by atoms with E-state index < -0.39 is 5.91 Å². The van der Waals surface area contributed by atoms with Crippen molar-refractivity contribution in [2.24, 2.45) is 0 Å². The normalized spacial score (nSPS) is 10.7. The number of hydrogen-bond acceptors (Lipinski definition) is 3. The Morgan fingerprint density at radius 2 is 1.70 bits per heavy atom. The zero-order valence-corrected chi connectivity index (χ0v) is 13.3. The van der Waals surface area contributed by atoms with Crippen LogP contribution in [-0.4, -0.2) is 5.91 Å². The predicted molar refractivity (Wildman–Crippen MR) is 91.1 cm³/mol. The van der Waals surface area contributed by atoms with Gasteiger partial charge in [-0.3, -0.25) is 9.59 Å². The Morgan fingerprint density at radius 1 is 1.00 bits per heavy atom. The molecule has 1 amide bonds. The van der Waals surface area contributed by atoms with Gasteiger partial charge >= 0.3 is 0 Å². The zero-order chi connectivity index (χ0) is 16.6. The van der Waals surface area contributed by atoms with Crippen LogP contribution in [0.15, 0.2) is 51.7 Å². The third-order valence-electron chi connectivity index (χ3n) is 3.95. The summed E-state index contributed by atoms with van der Waals surface area (Å²) < 4.78 is 5.70. The average Bonchev–Trinajstić information content (AvgIpc) is 2.53. The van der Waals surface area contributed by atoms with Crippen LogP contribution in [0.25, 0.3) is 11.0 Å². The number of rotatable bonds is 2. The van der Waals surface area contributed by atoms with Gasteiger partial charge in [-0.1, -0.05) is 23.8 Å². The van der Waals surface area contributed by atoms with Crippen LogP contribution in [0.4, 0.5) is 5.69 Å². The molecule has 4 nitrogen and oxygen atoms in total. The Balaban J connectivity index is 2.02. The van der Waals surface area contributed by atoms with Crippen molar-refractivity contribution in [1.82, 2.24) is 0 Å². The minimum absolute atomic E-state index is 0.0109. The van der Waals surface area contributed by atoms with E-state index in [9.17, 15) is 9.59 Å². The van der Waals surface area contributed by atoms with Gasteiger partial charge in [0.05, 0.1) is 5.39 Å². The van der Waals surface area contributed by atoms with E-state index in [2.05, 4.69) is 5.32 Å². The number of benzene rings is 2. The lowest BCUT2D eigenvalue weighted by Crippen LogP contribution is -2.15. The fourth-order valence-corrected chi connectivity index (χ4v) is 2.39. The molecule has 1 aromatic heterocycles. The first-order valence-corrected chi connectivity index (χ1v) is 7.38. The van der Waals surface area contributed by atoms with Crippen molar-refractivity contribution in [3.63, 3.8) is 0 Å². The number of fused-ring (bicyclic) bond motifs is 1. The van der Waals surface area contributed by atoms with Crippen molar-refractivity contribution in [2.75, 3.05) is 5.32 Å². The summed E-state index contributed by atoms with van der Waals surface area (Å²) in [6.07, 6.45) is 0. The number of hydrogen-bond donors (Lipinski definition) is 1. The van der Waals surface area contributed by atoms with Crippen LogP contribution in [0.3, 0.4) is 0 Å². The summed E-state index contributed by atoms with van der Waals surface area (Å²) in [6.45, 7) is 5.79. The minimum Gasteiger partial charge on any atom is -0.450 e. The van der Waals surface area contributed by atoms with Crippen molar-refractivity contribution in [3.8, 4) is 0 Å². The molecule has 3 aromatic rings. The lowest BCUT2D eigenvalue weighted by molar-refractivity contribution is 0.0997. The molecular weight excluding hydrogens is 290 g/mol. The Morgan fingerprint density at radius 3 is 2.39 bits per heavy atom. The highest BCUT2D eigenvalue weighted by molar-refractivity contribution is 6.03. The van der Waals surface area contributed by atoms with E-state index in [1.165, 1.54) is 6.07 Å². The van der Waals surface area contributed by atoms with Gasteiger partial charge in [0.25, 0.3) is 5.91 Å². The van der Waals surface area contributed by atoms with E-state index in [1.807, 2.05) is 51.1 Å². The van der Waals surface area contributed by atoms with E-state index in [1.54, 1.807) is 6.07 Å². The smallest absolute Gasteiger partial charge is 0.291 e. The summed E-state index contributed by atoms with van der Waals surface area (Å²) in [5.74, 6) is -0.425. The van der Waals surface area contributed by atoms with Gasteiger partial charge in [-0.25, -0.2) is 0 Å². The van der Waals surface area contributed by atoms with Gasteiger partial charge in [-0.15, -0.1) is 0 Å². The quantitative estimate of drug-likeness (QED) is 0.779. The second-order valence-corrected chi connectivity index (χ2v) is 5.68. The molecular formula is C19H17NO3. The van der Waals surface area contributed by atoms with Crippen LogP contribution >= 0.6 is 0 Å². The van der Waals surface area contributed by atoms with Gasteiger partial charge in [0.15, 0.2) is 11.2 Å². The Bertz CT molecular complexity index is 953. The van der Waals surface area contributed by atoms with E-state index in [0.717, 1.165) is 16.7 Å². The molecule has 0 spiro atoms. The first kappa shape index (κ1) is 15.0. The second-order valence-electron chi connectivity index (χ2n) is 5.68. The van der Waals surface area contributed by atoms with Crippen molar-refractivity contribution in [3.05, 3.63) is 75.1 Å². The van der Waals surface area contributed by atoms with Gasteiger partial charge in [-0.05, 0) is 50.1 Å². The molecule has 3 rings (SSSR count). The highest BCUT2D eigenvalue weighted by Crippen LogP contribution is 2.20. The highest BCUT2D eigenvalue weighted by Gasteiger charge is 2.14. The predicted octanol–water partition coefficient (Wildman–Crippen LogP) is 3.97. The molecule has 4 heteroatoms. The van der Waals surface area contributed by atoms with Gasteiger partial charge in [-0.2, -0.15) is 0 Å². The maximum Gasteiger partial charge on any atom is 0.291 e. The monoisotopic (exact) mass is 307 g/mol. The lowest BCUT2D eigenvalue weighted by Gasteiger charge is -2.08. The van der Waals surface area contributed by atoms with Crippen LogP contribution in [-0.2, 0) is 0 Å². The fourth-order valence-electron chi connectivity index (χ4n) is 2.39. The van der Waals surface area contributed by atoms with Crippen LogP contribution in [0.2, 0.25) is 0 Å². The largest absolute Gasteiger partial charge is 0.450 e. The molecule has 0 unspecified atom stereocenters. The summed E-state index contributed by atoms with van der Waals surface area (Å²) in [7, 11) is 0. The zero-order valence-electron chi connectivity index (χ0n) is 13.3. The molecule has 0 bridgehead atoms. The van der Waals surface area contributed by atoms with Gasteiger partial charge < -0.3 is 9.73 Å². The van der Waals surface area contributed by atoms with E-state index in [4.69, 9.17) is 4.42 Å². The minimum atomic E-state index is -0.436. The average molecular weight is 307 g/mol. The summed E-state index contributed by atoms with van der Waals surface area (Å²) >= 11 is 0. The number of carbonyl (C=O) groups is 1. The Hall–Kier alpha value is -2.88. The van der Waals surface area contributed by atoms with E-state index in [-0.39, 0.29) is 11.2 Å². The molecule has 0 fully saturated rings. The van der Waals surface area contributed by atoms with Crippen LogP contribution < -0.4 is 10.7 Å². The lowest BCUT2D eigenvalue weighted by atomic mass is 10.1. The number of aryl methyl sites for hydroxylation is 3. The number of carbonyl (C=O) groups excluding carboxylic acids is 1. The fraction of sp³-hybridized carbons (Fsp3) is 0.158. The number of amides is 1. The third kappa shape index (κ3) is 2.88. The summed E-state index contributed by atoms with van der Waals surface area (Å²) in [4.78, 5) is 24.6.